The summed E-state index contributed by atoms with van der Waals surface area (Å²) in [6, 6.07) is 3.88. The Morgan fingerprint density at radius 2 is 2.35 bits per heavy atom. The minimum atomic E-state index is -0.636. The van der Waals surface area contributed by atoms with Crippen LogP contribution in [0.1, 0.15) is 5.56 Å². The number of thiocarbonyl (C=S) groups is 1. The van der Waals surface area contributed by atoms with Gasteiger partial charge in [0.2, 0.25) is 0 Å². The van der Waals surface area contributed by atoms with E-state index < -0.39 is 17.8 Å². The highest BCUT2D eigenvalue weighted by Gasteiger charge is 2.32. The maximum atomic E-state index is 13.9. The minimum absolute atomic E-state index is 0.0480. The summed E-state index contributed by atoms with van der Waals surface area (Å²) in [7, 11) is 1.30. The van der Waals surface area contributed by atoms with Gasteiger partial charge in [-0.05, 0) is 12.1 Å². The molecule has 5 nitrogen and oxygen atoms in total. The lowest BCUT2D eigenvalue weighted by Crippen LogP contribution is -2.51. The molecule has 2 rings (SSSR count). The van der Waals surface area contributed by atoms with Gasteiger partial charge >= 0.3 is 5.97 Å². The first-order valence-corrected chi connectivity index (χ1v) is 6.47. The zero-order chi connectivity index (χ0) is 14.7. The number of morpholine rings is 1. The van der Waals surface area contributed by atoms with E-state index in [-0.39, 0.29) is 17.2 Å². The van der Waals surface area contributed by atoms with Gasteiger partial charge in [0.15, 0.2) is 6.04 Å². The van der Waals surface area contributed by atoms with E-state index in [0.29, 0.717) is 18.8 Å². The highest BCUT2D eigenvalue weighted by atomic mass is 32.1. The third kappa shape index (κ3) is 2.73. The number of rotatable bonds is 3. The van der Waals surface area contributed by atoms with Crippen LogP contribution in [0.4, 0.5) is 10.1 Å². The lowest BCUT2D eigenvalue weighted by Gasteiger charge is -2.36. The number of carbonyl (C=O) groups excluding carboxylic acids is 1. The van der Waals surface area contributed by atoms with Gasteiger partial charge in [0, 0.05) is 6.54 Å². The number of nitrogens with zero attached hydrogens (tertiary/aromatic N) is 1. The van der Waals surface area contributed by atoms with Crippen molar-refractivity contribution in [3.63, 3.8) is 0 Å². The van der Waals surface area contributed by atoms with Crippen molar-refractivity contribution in [1.29, 1.82) is 0 Å². The third-order valence-corrected chi connectivity index (χ3v) is 3.35. The van der Waals surface area contributed by atoms with E-state index >= 15 is 0 Å². The van der Waals surface area contributed by atoms with Gasteiger partial charge in [0.1, 0.15) is 10.8 Å². The van der Waals surface area contributed by atoms with Crippen molar-refractivity contribution < 1.29 is 18.7 Å². The quantitative estimate of drug-likeness (QED) is 0.659. The van der Waals surface area contributed by atoms with Gasteiger partial charge in [0.05, 0.1) is 31.6 Å². The molecule has 1 aromatic rings. The Labute approximate surface area is 121 Å². The molecule has 0 aliphatic carbocycles. The predicted molar refractivity (Wildman–Crippen MR) is 76.3 cm³/mol. The highest BCUT2D eigenvalue weighted by Crippen LogP contribution is 2.27. The van der Waals surface area contributed by atoms with Crippen LogP contribution >= 0.6 is 12.2 Å². The zero-order valence-electron chi connectivity index (χ0n) is 11.0. The number of hydrogen-bond acceptors (Lipinski definition) is 5. The zero-order valence-corrected chi connectivity index (χ0v) is 11.8. The molecule has 7 heteroatoms. The number of benzene rings is 1. The summed E-state index contributed by atoms with van der Waals surface area (Å²) in [5.74, 6) is -0.951. The summed E-state index contributed by atoms with van der Waals surface area (Å²) >= 11 is 4.90. The maximum Gasteiger partial charge on any atom is 0.330 e. The summed E-state index contributed by atoms with van der Waals surface area (Å²) < 4.78 is 24.0. The van der Waals surface area contributed by atoms with E-state index in [1.165, 1.54) is 13.2 Å². The number of nitrogens with two attached hydrogens (primary N) is 1. The minimum Gasteiger partial charge on any atom is -0.467 e. The largest absolute Gasteiger partial charge is 0.467 e. The van der Waals surface area contributed by atoms with Gasteiger partial charge in [0.25, 0.3) is 0 Å². The number of ether oxygens (including phenoxy) is 2. The van der Waals surface area contributed by atoms with Crippen LogP contribution in [0, 0.1) is 5.82 Å². The van der Waals surface area contributed by atoms with Crippen molar-refractivity contribution in [3.8, 4) is 0 Å². The lowest BCUT2D eigenvalue weighted by atomic mass is 10.1. The molecule has 0 amide bonds. The molecule has 1 aromatic carbocycles. The predicted octanol–water partition coefficient (Wildman–Crippen LogP) is 0.838. The Hall–Kier alpha value is -1.73. The maximum absolute atomic E-state index is 13.9. The average molecular weight is 298 g/mol. The van der Waals surface area contributed by atoms with Crippen molar-refractivity contribution in [2.45, 2.75) is 6.04 Å². The van der Waals surface area contributed by atoms with Gasteiger partial charge in [-0.3, -0.25) is 0 Å². The Morgan fingerprint density at radius 1 is 1.60 bits per heavy atom. The molecule has 1 fully saturated rings. The molecule has 20 heavy (non-hydrogen) atoms. The molecule has 1 saturated heterocycles. The third-order valence-electron chi connectivity index (χ3n) is 3.15. The van der Waals surface area contributed by atoms with Gasteiger partial charge < -0.3 is 20.1 Å². The Bertz CT molecular complexity index is 538. The summed E-state index contributed by atoms with van der Waals surface area (Å²) in [5.41, 5.74) is 6.21. The molecular formula is C13H15FN2O3S. The normalized spacial score (nSPS) is 18.7. The molecule has 0 bridgehead atoms. The van der Waals surface area contributed by atoms with Crippen LogP contribution in [-0.4, -0.2) is 43.9 Å². The van der Waals surface area contributed by atoms with Crippen LogP contribution in [0.3, 0.4) is 0 Å². The van der Waals surface area contributed by atoms with E-state index in [9.17, 15) is 9.18 Å². The van der Waals surface area contributed by atoms with Crippen molar-refractivity contribution in [3.05, 3.63) is 29.6 Å². The fourth-order valence-corrected chi connectivity index (χ4v) is 2.42. The number of esters is 1. The second-order valence-electron chi connectivity index (χ2n) is 4.31. The Morgan fingerprint density at radius 3 is 3.00 bits per heavy atom. The Kier molecular flexibility index (Phi) is 4.51. The van der Waals surface area contributed by atoms with Crippen LogP contribution in [0.25, 0.3) is 0 Å². The van der Waals surface area contributed by atoms with E-state index in [1.807, 2.05) is 0 Å². The van der Waals surface area contributed by atoms with Gasteiger partial charge in [-0.25, -0.2) is 9.18 Å². The molecule has 0 radical (unpaired) electrons. The standard InChI is InChI=1S/C13H15FN2O3S/c1-18-13(17)10-7-19-6-5-16(10)9-4-2-3-8(14)11(9)12(15)20/h2-4,10H,5-7H2,1H3,(H2,15,20). The topological polar surface area (TPSA) is 64.8 Å². The molecule has 1 aliphatic heterocycles. The van der Waals surface area contributed by atoms with Crippen molar-refractivity contribution in [2.75, 3.05) is 31.8 Å². The second kappa shape index (κ2) is 6.15. The molecule has 0 aromatic heterocycles. The first-order chi connectivity index (χ1) is 9.56. The summed E-state index contributed by atoms with van der Waals surface area (Å²) in [6.07, 6.45) is 0. The highest BCUT2D eigenvalue weighted by molar-refractivity contribution is 7.80. The van der Waals surface area contributed by atoms with Gasteiger partial charge in [-0.15, -0.1) is 0 Å². The molecular weight excluding hydrogens is 283 g/mol. The fourth-order valence-electron chi connectivity index (χ4n) is 2.22. The van der Waals surface area contributed by atoms with E-state index in [1.54, 1.807) is 17.0 Å². The number of carbonyl (C=O) groups is 1. The van der Waals surface area contributed by atoms with Crippen LogP contribution in [0.2, 0.25) is 0 Å². The van der Waals surface area contributed by atoms with E-state index in [2.05, 4.69) is 0 Å². The van der Waals surface area contributed by atoms with Gasteiger partial charge in [-0.1, -0.05) is 18.3 Å². The molecule has 0 spiro atoms. The average Bonchev–Trinajstić information content (AvgIpc) is 2.45. The lowest BCUT2D eigenvalue weighted by molar-refractivity contribution is -0.144. The van der Waals surface area contributed by atoms with Gasteiger partial charge in [-0.2, -0.15) is 0 Å². The van der Waals surface area contributed by atoms with E-state index in [4.69, 9.17) is 27.4 Å². The molecule has 2 N–H and O–H groups in total. The first kappa shape index (κ1) is 14.7. The first-order valence-electron chi connectivity index (χ1n) is 6.06. The van der Waals surface area contributed by atoms with Crippen molar-refractivity contribution >= 4 is 28.9 Å². The number of anilines is 1. The molecule has 1 heterocycles. The molecule has 1 aliphatic rings. The molecule has 108 valence electrons. The van der Waals surface area contributed by atoms with Crippen LogP contribution in [-0.2, 0) is 14.3 Å². The smallest absolute Gasteiger partial charge is 0.330 e. The summed E-state index contributed by atoms with van der Waals surface area (Å²) in [6.45, 7) is 1.04. The fraction of sp³-hybridized carbons (Fsp3) is 0.385. The molecule has 0 saturated carbocycles. The molecule has 1 unspecified atom stereocenters. The number of methoxy groups -OCH3 is 1. The van der Waals surface area contributed by atoms with Crippen LogP contribution < -0.4 is 10.6 Å². The number of halogens is 1. The summed E-state index contributed by atoms with van der Waals surface area (Å²) in [5, 5.41) is 0. The second-order valence-corrected chi connectivity index (χ2v) is 4.75. The molecule has 1 atom stereocenters. The van der Waals surface area contributed by atoms with Crippen molar-refractivity contribution in [1.82, 2.24) is 0 Å². The van der Waals surface area contributed by atoms with Crippen molar-refractivity contribution in [2.24, 2.45) is 5.73 Å². The number of hydrogen-bond donors (Lipinski definition) is 1. The van der Waals surface area contributed by atoms with Crippen LogP contribution in [0.15, 0.2) is 18.2 Å². The monoisotopic (exact) mass is 298 g/mol. The SMILES string of the molecule is COC(=O)C1COCCN1c1cccc(F)c1C(N)=S. The van der Waals surface area contributed by atoms with E-state index in [0.717, 1.165) is 0 Å². The van der Waals surface area contributed by atoms with Crippen LogP contribution in [0.5, 0.6) is 0 Å². The Balaban J connectivity index is 2.45. The summed E-state index contributed by atoms with van der Waals surface area (Å²) in [4.78, 5) is 13.5.